The molecule has 1 aliphatic heterocycles. The molecule has 0 amide bonds. The summed E-state index contributed by atoms with van der Waals surface area (Å²) in [4.78, 5) is 12.0. The lowest BCUT2D eigenvalue weighted by Gasteiger charge is -2.26. The number of thiocarbonyl (C=S) groups is 1. The summed E-state index contributed by atoms with van der Waals surface area (Å²) >= 11 is 7.34. The van der Waals surface area contributed by atoms with E-state index in [4.69, 9.17) is 16.6 Å². The van der Waals surface area contributed by atoms with Crippen molar-refractivity contribution in [3.8, 4) is 0 Å². The average Bonchev–Trinajstić information content (AvgIpc) is 3.40. The van der Waals surface area contributed by atoms with Gasteiger partial charge in [0.25, 0.3) is 0 Å². The fraction of sp³-hybridized carbons (Fsp3) is 0.125. The normalized spacial score (nSPS) is 18.2. The molecule has 0 bridgehead atoms. The van der Waals surface area contributed by atoms with Crippen molar-refractivity contribution >= 4 is 29.1 Å². The molecule has 5 rings (SSSR count). The molecule has 7 heteroatoms. The summed E-state index contributed by atoms with van der Waals surface area (Å²) in [6.07, 6.45) is 5.41. The van der Waals surface area contributed by atoms with Crippen LogP contribution >= 0.6 is 24.0 Å². The Kier molecular flexibility index (Phi) is 5.69. The molecule has 0 aliphatic carbocycles. The lowest BCUT2D eigenvalue weighted by Crippen LogP contribution is -2.29. The maximum atomic E-state index is 6.32. The van der Waals surface area contributed by atoms with E-state index in [1.807, 2.05) is 66.9 Å². The molecule has 0 unspecified atom stereocenters. The lowest BCUT2D eigenvalue weighted by atomic mass is 10.0. The highest BCUT2D eigenvalue weighted by atomic mass is 32.2. The SMILES string of the molecule is S=C1N[C@H](c2ccccn2)[C@H](c2ccc(Sc3ccccc3)o2)N1Cc1ccncc1. The highest BCUT2D eigenvalue weighted by molar-refractivity contribution is 7.99. The molecule has 0 radical (unpaired) electrons. The minimum atomic E-state index is -0.110. The van der Waals surface area contributed by atoms with Gasteiger partial charge in [0.1, 0.15) is 11.8 Å². The molecule has 1 aliphatic rings. The third-order valence-electron chi connectivity index (χ3n) is 5.16. The summed E-state index contributed by atoms with van der Waals surface area (Å²) in [6, 6.07) is 24.0. The number of benzene rings is 1. The Morgan fingerprint density at radius 2 is 1.74 bits per heavy atom. The molecule has 4 heterocycles. The van der Waals surface area contributed by atoms with Crippen molar-refractivity contribution in [2.45, 2.75) is 28.6 Å². The van der Waals surface area contributed by atoms with Gasteiger partial charge < -0.3 is 14.6 Å². The van der Waals surface area contributed by atoms with Crippen LogP contribution in [0.5, 0.6) is 0 Å². The predicted octanol–water partition coefficient (Wildman–Crippen LogP) is 5.39. The van der Waals surface area contributed by atoms with E-state index in [0.29, 0.717) is 11.7 Å². The van der Waals surface area contributed by atoms with Crippen molar-refractivity contribution in [1.82, 2.24) is 20.2 Å². The van der Waals surface area contributed by atoms with Crippen molar-refractivity contribution < 1.29 is 4.42 Å². The zero-order chi connectivity index (χ0) is 21.0. The second-order valence-corrected chi connectivity index (χ2v) is 8.65. The fourth-order valence-electron chi connectivity index (χ4n) is 3.72. The van der Waals surface area contributed by atoms with Gasteiger partial charge in [0.05, 0.1) is 11.7 Å². The highest BCUT2D eigenvalue weighted by Gasteiger charge is 2.41. The van der Waals surface area contributed by atoms with E-state index in [9.17, 15) is 0 Å². The summed E-state index contributed by atoms with van der Waals surface area (Å²) < 4.78 is 6.32. The number of hydrogen-bond acceptors (Lipinski definition) is 5. The molecule has 31 heavy (non-hydrogen) atoms. The number of nitrogens with one attached hydrogen (secondary N) is 1. The molecule has 3 aromatic heterocycles. The Bertz CT molecular complexity index is 1150. The van der Waals surface area contributed by atoms with Crippen molar-refractivity contribution in [3.05, 3.63) is 108 Å². The van der Waals surface area contributed by atoms with E-state index in [1.165, 1.54) is 0 Å². The van der Waals surface area contributed by atoms with Crippen LogP contribution in [-0.4, -0.2) is 20.0 Å². The van der Waals surface area contributed by atoms with Crippen LogP contribution in [0, 0.1) is 0 Å². The molecule has 1 fully saturated rings. The van der Waals surface area contributed by atoms with E-state index < -0.39 is 0 Å². The first kappa shape index (κ1) is 19.8. The first-order chi connectivity index (χ1) is 15.3. The Morgan fingerprint density at radius 1 is 0.935 bits per heavy atom. The summed E-state index contributed by atoms with van der Waals surface area (Å²) in [5, 5.41) is 5.00. The van der Waals surface area contributed by atoms with Crippen molar-refractivity contribution in [2.24, 2.45) is 0 Å². The predicted molar refractivity (Wildman–Crippen MR) is 125 cm³/mol. The zero-order valence-electron chi connectivity index (χ0n) is 16.6. The maximum absolute atomic E-state index is 6.32. The molecule has 1 saturated heterocycles. The number of pyridine rings is 2. The van der Waals surface area contributed by atoms with Crippen molar-refractivity contribution in [2.75, 3.05) is 0 Å². The van der Waals surface area contributed by atoms with Crippen LogP contribution in [0.4, 0.5) is 0 Å². The van der Waals surface area contributed by atoms with Crippen molar-refractivity contribution in [3.63, 3.8) is 0 Å². The van der Waals surface area contributed by atoms with Crippen LogP contribution in [0.3, 0.4) is 0 Å². The van der Waals surface area contributed by atoms with E-state index in [0.717, 1.165) is 27.0 Å². The van der Waals surface area contributed by atoms with Gasteiger partial charge in [0.15, 0.2) is 10.2 Å². The third-order valence-corrected chi connectivity index (χ3v) is 6.44. The second-order valence-electron chi connectivity index (χ2n) is 7.18. The Labute approximate surface area is 190 Å². The fourth-order valence-corrected chi connectivity index (χ4v) is 4.83. The molecule has 1 N–H and O–H groups in total. The standard InChI is InChI=1S/C24H20N4OS2/c30-24-27-22(19-8-4-5-13-26-19)23(28(24)16-17-11-14-25-15-12-17)20-9-10-21(29-20)31-18-6-2-1-3-7-18/h1-15,22-23H,16H2,(H,27,30)/t22-,23+/m1/s1. The molecule has 0 spiro atoms. The molecule has 154 valence electrons. The Morgan fingerprint density at radius 3 is 2.52 bits per heavy atom. The summed E-state index contributed by atoms with van der Waals surface area (Å²) in [7, 11) is 0. The molecule has 4 aromatic rings. The summed E-state index contributed by atoms with van der Waals surface area (Å²) in [6.45, 7) is 0.657. The first-order valence-corrected chi connectivity index (χ1v) is 11.2. The van der Waals surface area contributed by atoms with Crippen LogP contribution in [0.2, 0.25) is 0 Å². The van der Waals surface area contributed by atoms with Gasteiger partial charge in [-0.2, -0.15) is 0 Å². The number of nitrogens with zero attached hydrogens (tertiary/aromatic N) is 3. The van der Waals surface area contributed by atoms with Gasteiger partial charge in [0, 0.05) is 30.0 Å². The van der Waals surface area contributed by atoms with Crippen molar-refractivity contribution in [1.29, 1.82) is 0 Å². The van der Waals surface area contributed by atoms with E-state index >= 15 is 0 Å². The molecule has 0 saturated carbocycles. The van der Waals surface area contributed by atoms with E-state index in [2.05, 4.69) is 32.3 Å². The maximum Gasteiger partial charge on any atom is 0.170 e. The quantitative estimate of drug-likeness (QED) is 0.400. The average molecular weight is 445 g/mol. The molecule has 2 atom stereocenters. The van der Waals surface area contributed by atoms with Gasteiger partial charge in [-0.05, 0) is 66.3 Å². The molecule has 1 aromatic carbocycles. The van der Waals surface area contributed by atoms with Gasteiger partial charge in [-0.3, -0.25) is 9.97 Å². The van der Waals surface area contributed by atoms with Gasteiger partial charge in [-0.25, -0.2) is 0 Å². The Hall–Kier alpha value is -3.16. The molecular weight excluding hydrogens is 424 g/mol. The largest absolute Gasteiger partial charge is 0.452 e. The van der Waals surface area contributed by atoms with Crippen LogP contribution in [0.15, 0.2) is 106 Å². The third kappa shape index (κ3) is 4.33. The number of hydrogen-bond donors (Lipinski definition) is 1. The van der Waals surface area contributed by atoms with Crippen LogP contribution in [0.1, 0.15) is 29.1 Å². The van der Waals surface area contributed by atoms with E-state index in [-0.39, 0.29) is 12.1 Å². The second kappa shape index (κ2) is 8.91. The zero-order valence-corrected chi connectivity index (χ0v) is 18.2. The monoisotopic (exact) mass is 444 g/mol. The van der Waals surface area contributed by atoms with Crippen LogP contribution in [-0.2, 0) is 6.54 Å². The number of furan rings is 1. The van der Waals surface area contributed by atoms with Gasteiger partial charge in [0.2, 0.25) is 0 Å². The van der Waals surface area contributed by atoms with Crippen LogP contribution < -0.4 is 5.32 Å². The smallest absolute Gasteiger partial charge is 0.170 e. The first-order valence-electron chi connectivity index (χ1n) is 9.97. The Balaban J connectivity index is 1.48. The molecule has 5 nitrogen and oxygen atoms in total. The summed E-state index contributed by atoms with van der Waals surface area (Å²) in [5.74, 6) is 0.857. The topological polar surface area (TPSA) is 54.2 Å². The lowest BCUT2D eigenvalue weighted by molar-refractivity contribution is 0.254. The minimum absolute atomic E-state index is 0.101. The van der Waals surface area contributed by atoms with Crippen LogP contribution in [0.25, 0.3) is 0 Å². The van der Waals surface area contributed by atoms with E-state index in [1.54, 1.807) is 24.2 Å². The van der Waals surface area contributed by atoms with Gasteiger partial charge in [-0.15, -0.1) is 0 Å². The van der Waals surface area contributed by atoms with Gasteiger partial charge in [-0.1, -0.05) is 36.0 Å². The minimum Gasteiger partial charge on any atom is -0.452 e. The molecular formula is C24H20N4OS2. The highest BCUT2D eigenvalue weighted by Crippen LogP contribution is 2.41. The van der Waals surface area contributed by atoms with Gasteiger partial charge >= 0.3 is 0 Å². The number of aromatic nitrogens is 2. The number of rotatable bonds is 6. The summed E-state index contributed by atoms with van der Waals surface area (Å²) in [5.41, 5.74) is 2.07.